The number of aromatic nitrogens is 2. The van der Waals surface area contributed by atoms with E-state index < -0.39 is 17.8 Å². The Bertz CT molecular complexity index is 1190. The summed E-state index contributed by atoms with van der Waals surface area (Å²) in [5.41, 5.74) is 6.01. The molecule has 0 amide bonds. The van der Waals surface area contributed by atoms with Gasteiger partial charge < -0.3 is 25.3 Å². The van der Waals surface area contributed by atoms with Gasteiger partial charge in [-0.25, -0.2) is 9.97 Å². The van der Waals surface area contributed by atoms with Crippen molar-refractivity contribution < 1.29 is 27.4 Å². The molecule has 10 heteroatoms. The average molecular weight is 476 g/mol. The predicted octanol–water partition coefficient (Wildman–Crippen LogP) is 5.28. The summed E-state index contributed by atoms with van der Waals surface area (Å²) < 4.78 is 57.4. The minimum absolute atomic E-state index is 0.0398. The number of benzene rings is 2. The number of nitrogens with one attached hydrogen (secondary N) is 1. The molecule has 1 aromatic heterocycles. The molecule has 7 nitrogen and oxygen atoms in total. The molecule has 0 radical (unpaired) electrons. The van der Waals surface area contributed by atoms with Crippen LogP contribution in [0.5, 0.6) is 11.5 Å². The quantitative estimate of drug-likeness (QED) is 0.495. The molecule has 3 aromatic rings. The highest BCUT2D eigenvalue weighted by Gasteiger charge is 2.31. The van der Waals surface area contributed by atoms with Crippen LogP contribution in [0, 0.1) is 6.92 Å². The second-order valence-corrected chi connectivity index (χ2v) is 8.26. The van der Waals surface area contributed by atoms with Crippen molar-refractivity contribution in [2.45, 2.75) is 45.5 Å². The first-order valence-corrected chi connectivity index (χ1v) is 11.1. The van der Waals surface area contributed by atoms with Crippen LogP contribution in [0.4, 0.5) is 24.7 Å². The molecule has 0 fully saturated rings. The fourth-order valence-corrected chi connectivity index (χ4v) is 3.79. The van der Waals surface area contributed by atoms with E-state index in [1.54, 1.807) is 26.0 Å². The molecule has 3 N–H and O–H groups in total. The molecule has 2 aromatic carbocycles. The highest BCUT2D eigenvalue weighted by Crippen LogP contribution is 2.37. The van der Waals surface area contributed by atoms with Crippen molar-refractivity contribution in [3.63, 3.8) is 0 Å². The maximum atomic E-state index is 13.3. The molecule has 34 heavy (non-hydrogen) atoms. The smallest absolute Gasteiger partial charge is 0.416 e. The Hall–Kier alpha value is -3.27. The summed E-state index contributed by atoms with van der Waals surface area (Å²) in [5, 5.41) is 3.89. The Labute approximate surface area is 195 Å². The Balaban J connectivity index is 1.73. The minimum atomic E-state index is -4.49. The summed E-state index contributed by atoms with van der Waals surface area (Å²) in [4.78, 5) is 9.03. The van der Waals surface area contributed by atoms with E-state index >= 15 is 0 Å². The zero-order valence-electron chi connectivity index (χ0n) is 19.2. The lowest BCUT2D eigenvalue weighted by Gasteiger charge is -2.21. The van der Waals surface area contributed by atoms with E-state index in [0.717, 1.165) is 18.6 Å². The summed E-state index contributed by atoms with van der Waals surface area (Å²) in [7, 11) is 0. The number of halogens is 3. The molecule has 2 heterocycles. The van der Waals surface area contributed by atoms with E-state index in [2.05, 4.69) is 15.3 Å². The van der Waals surface area contributed by atoms with Gasteiger partial charge >= 0.3 is 6.18 Å². The van der Waals surface area contributed by atoms with Crippen LogP contribution in [0.15, 0.2) is 30.3 Å². The van der Waals surface area contributed by atoms with Crippen molar-refractivity contribution in [1.29, 1.82) is 0 Å². The van der Waals surface area contributed by atoms with Crippen LogP contribution in [0.3, 0.4) is 0 Å². The molecule has 1 aliphatic rings. The lowest BCUT2D eigenvalue weighted by molar-refractivity contribution is -0.137. The van der Waals surface area contributed by atoms with Crippen molar-refractivity contribution in [2.24, 2.45) is 0 Å². The Morgan fingerprint density at radius 1 is 1.12 bits per heavy atom. The van der Waals surface area contributed by atoms with Crippen LogP contribution in [-0.4, -0.2) is 35.9 Å². The van der Waals surface area contributed by atoms with Gasteiger partial charge in [0.25, 0.3) is 0 Å². The van der Waals surface area contributed by atoms with E-state index in [0.29, 0.717) is 59.4 Å². The summed E-state index contributed by atoms with van der Waals surface area (Å²) in [6.07, 6.45) is -3.89. The molecule has 1 unspecified atom stereocenters. The third-order valence-corrected chi connectivity index (χ3v) is 5.57. The molecule has 182 valence electrons. The van der Waals surface area contributed by atoms with Gasteiger partial charge in [-0.1, -0.05) is 6.92 Å². The van der Waals surface area contributed by atoms with Gasteiger partial charge in [0.1, 0.15) is 24.4 Å². The molecule has 0 aliphatic carbocycles. The summed E-state index contributed by atoms with van der Waals surface area (Å²) in [5.74, 6) is 2.07. The Morgan fingerprint density at radius 3 is 2.65 bits per heavy atom. The van der Waals surface area contributed by atoms with Gasteiger partial charge in [0.2, 0.25) is 0 Å². The maximum Gasteiger partial charge on any atom is 0.416 e. The van der Waals surface area contributed by atoms with Crippen LogP contribution >= 0.6 is 0 Å². The first kappa shape index (κ1) is 23.9. The van der Waals surface area contributed by atoms with E-state index in [1.807, 2.05) is 6.92 Å². The van der Waals surface area contributed by atoms with E-state index in [-0.39, 0.29) is 11.8 Å². The number of aryl methyl sites for hydroxylation is 1. The lowest BCUT2D eigenvalue weighted by atomic mass is 10.0. The van der Waals surface area contributed by atoms with Crippen molar-refractivity contribution >= 4 is 22.4 Å². The van der Waals surface area contributed by atoms with Gasteiger partial charge in [-0.05, 0) is 50.1 Å². The van der Waals surface area contributed by atoms with Gasteiger partial charge in [-0.15, -0.1) is 0 Å². The van der Waals surface area contributed by atoms with Gasteiger partial charge in [0, 0.05) is 17.1 Å². The van der Waals surface area contributed by atoms with Crippen LogP contribution in [-0.2, 0) is 10.9 Å². The minimum Gasteiger partial charge on any atom is -0.487 e. The number of nitrogens with zero attached hydrogens (tertiary/aromatic N) is 2. The van der Waals surface area contributed by atoms with Gasteiger partial charge in [-0.2, -0.15) is 13.2 Å². The van der Waals surface area contributed by atoms with E-state index in [9.17, 15) is 13.2 Å². The molecule has 2 atom stereocenters. The molecular formula is C24H27F3N4O3. The maximum absolute atomic E-state index is 13.3. The molecule has 4 rings (SSSR count). The predicted molar refractivity (Wildman–Crippen MR) is 123 cm³/mol. The number of fused-ring (bicyclic) bond motifs is 2. The van der Waals surface area contributed by atoms with Crippen molar-refractivity contribution in [2.75, 3.05) is 30.9 Å². The Kier molecular flexibility index (Phi) is 6.70. The molecule has 0 bridgehead atoms. The molecule has 0 spiro atoms. The van der Waals surface area contributed by atoms with Crippen molar-refractivity contribution in [3.05, 3.63) is 47.3 Å². The van der Waals surface area contributed by atoms with Gasteiger partial charge in [-0.3, -0.25) is 0 Å². The summed E-state index contributed by atoms with van der Waals surface area (Å²) in [6.45, 7) is 6.78. The Morgan fingerprint density at radius 2 is 1.91 bits per heavy atom. The molecule has 0 saturated carbocycles. The number of hydrogen-bond acceptors (Lipinski definition) is 7. The van der Waals surface area contributed by atoms with Crippen LogP contribution in [0.2, 0.25) is 0 Å². The highest BCUT2D eigenvalue weighted by molar-refractivity contribution is 5.92. The third kappa shape index (κ3) is 5.27. The zero-order valence-corrected chi connectivity index (χ0v) is 19.2. The first-order valence-electron chi connectivity index (χ1n) is 11.1. The topological polar surface area (TPSA) is 91.5 Å². The summed E-state index contributed by atoms with van der Waals surface area (Å²) >= 11 is 0. The second kappa shape index (κ2) is 9.54. The van der Waals surface area contributed by atoms with Crippen molar-refractivity contribution in [3.8, 4) is 11.5 Å². The first-order chi connectivity index (χ1) is 16.1. The van der Waals surface area contributed by atoms with Gasteiger partial charge in [0.05, 0.1) is 30.3 Å². The highest BCUT2D eigenvalue weighted by atomic mass is 19.4. The SMILES string of the molecule is CC[C@@H]1COCCOc2cc3nc(C)nc(NC(C)c4cc(N)cc(C(F)(F)F)c4)c3cc2O1. The lowest BCUT2D eigenvalue weighted by Crippen LogP contribution is -2.22. The fourth-order valence-electron chi connectivity index (χ4n) is 3.79. The largest absolute Gasteiger partial charge is 0.487 e. The standard InChI is InChI=1S/C24H27F3N4O3/c1-4-18-12-32-5-6-33-21-11-20-19(10-22(21)34-18)23(31-14(3)30-20)29-13(2)15-7-16(24(25,26)27)9-17(28)8-15/h7-11,13,18H,4-6,12,28H2,1-3H3,(H,29,30,31)/t13?,18-/m1/s1. The third-order valence-electron chi connectivity index (χ3n) is 5.57. The zero-order chi connectivity index (χ0) is 24.5. The number of nitrogen functional groups attached to an aromatic ring is 1. The van der Waals surface area contributed by atoms with Crippen LogP contribution in [0.1, 0.15) is 43.3 Å². The number of hydrogen-bond donors (Lipinski definition) is 2. The number of alkyl halides is 3. The second-order valence-electron chi connectivity index (χ2n) is 8.26. The number of anilines is 2. The van der Waals surface area contributed by atoms with Gasteiger partial charge in [0.15, 0.2) is 11.5 Å². The van der Waals surface area contributed by atoms with E-state index in [1.165, 1.54) is 6.07 Å². The average Bonchev–Trinajstić information content (AvgIpc) is 2.86. The van der Waals surface area contributed by atoms with Crippen LogP contribution < -0.4 is 20.5 Å². The monoisotopic (exact) mass is 476 g/mol. The fraction of sp³-hybridized carbons (Fsp3) is 0.417. The van der Waals surface area contributed by atoms with E-state index in [4.69, 9.17) is 19.9 Å². The number of nitrogens with two attached hydrogens (primary N) is 1. The van der Waals surface area contributed by atoms with Crippen molar-refractivity contribution in [1.82, 2.24) is 9.97 Å². The van der Waals surface area contributed by atoms with Crippen LogP contribution in [0.25, 0.3) is 10.9 Å². The normalized spacial score (nSPS) is 17.5. The molecular weight excluding hydrogens is 449 g/mol. The number of ether oxygens (including phenoxy) is 3. The molecule has 0 saturated heterocycles. The summed E-state index contributed by atoms with van der Waals surface area (Å²) in [6, 6.07) is 6.60. The molecule has 1 aliphatic heterocycles. The number of rotatable bonds is 4.